The number of carbonyl (C=O) groups excluding carboxylic acids is 2. The Morgan fingerprint density at radius 2 is 2.11 bits per heavy atom. The zero-order chi connectivity index (χ0) is 13.2. The summed E-state index contributed by atoms with van der Waals surface area (Å²) in [7, 11) is 0. The molecular weight excluding hydrogens is 228 g/mol. The van der Waals surface area contributed by atoms with Gasteiger partial charge in [0.15, 0.2) is 5.78 Å². The van der Waals surface area contributed by atoms with Crippen LogP contribution in [0.4, 0.5) is 0 Å². The number of fused-ring (bicyclic) bond motifs is 1. The van der Waals surface area contributed by atoms with Crippen molar-refractivity contribution in [1.29, 1.82) is 0 Å². The highest BCUT2D eigenvalue weighted by atomic mass is 16.5. The van der Waals surface area contributed by atoms with Crippen molar-refractivity contribution < 1.29 is 14.3 Å². The molecule has 0 unspecified atom stereocenters. The van der Waals surface area contributed by atoms with Crippen molar-refractivity contribution in [3.05, 3.63) is 35.4 Å². The Bertz CT molecular complexity index is 478. The molecule has 0 bridgehead atoms. The molecular formula is C15H18O3. The third kappa shape index (κ3) is 2.30. The highest BCUT2D eigenvalue weighted by Gasteiger charge is 2.40. The summed E-state index contributed by atoms with van der Waals surface area (Å²) in [5.41, 5.74) is 1.24. The SMILES string of the molecule is CCOC(=O)C[C@@]1(C)CCc2ccccc2C1=O. The molecule has 0 spiro atoms. The van der Waals surface area contributed by atoms with Gasteiger partial charge in [-0.15, -0.1) is 0 Å². The topological polar surface area (TPSA) is 43.4 Å². The predicted octanol–water partition coefficient (Wildman–Crippen LogP) is 2.78. The minimum atomic E-state index is -0.611. The number of aryl methyl sites for hydroxylation is 1. The Hall–Kier alpha value is -1.64. The molecule has 18 heavy (non-hydrogen) atoms. The molecule has 0 N–H and O–H groups in total. The van der Waals surface area contributed by atoms with Crippen molar-refractivity contribution >= 4 is 11.8 Å². The van der Waals surface area contributed by atoms with Crippen LogP contribution < -0.4 is 0 Å². The van der Waals surface area contributed by atoms with Gasteiger partial charge in [0.2, 0.25) is 0 Å². The molecule has 1 aliphatic rings. The molecule has 0 radical (unpaired) electrons. The molecule has 2 rings (SSSR count). The van der Waals surface area contributed by atoms with Crippen molar-refractivity contribution in [2.45, 2.75) is 33.1 Å². The first-order valence-corrected chi connectivity index (χ1v) is 6.35. The quantitative estimate of drug-likeness (QED) is 0.770. The van der Waals surface area contributed by atoms with E-state index >= 15 is 0 Å². The van der Waals surface area contributed by atoms with Crippen LogP contribution in [-0.2, 0) is 16.0 Å². The van der Waals surface area contributed by atoms with Gasteiger partial charge in [-0.2, -0.15) is 0 Å². The minimum absolute atomic E-state index is 0.0670. The number of Topliss-reactive ketones (excluding diaryl/α,β-unsaturated/α-hetero) is 1. The van der Waals surface area contributed by atoms with Crippen LogP contribution in [0.1, 0.15) is 42.6 Å². The van der Waals surface area contributed by atoms with Crippen molar-refractivity contribution in [1.82, 2.24) is 0 Å². The van der Waals surface area contributed by atoms with Crippen molar-refractivity contribution in [2.24, 2.45) is 5.41 Å². The summed E-state index contributed by atoms with van der Waals surface area (Å²) in [6.07, 6.45) is 1.73. The molecule has 1 aromatic carbocycles. The van der Waals surface area contributed by atoms with E-state index in [1.165, 1.54) is 0 Å². The molecule has 1 aliphatic carbocycles. The Morgan fingerprint density at radius 3 is 2.83 bits per heavy atom. The van der Waals surface area contributed by atoms with Crippen LogP contribution in [0.5, 0.6) is 0 Å². The molecule has 1 atom stereocenters. The summed E-state index contributed by atoms with van der Waals surface area (Å²) in [5.74, 6) is -0.217. The van der Waals surface area contributed by atoms with Crippen LogP contribution in [0.25, 0.3) is 0 Å². The zero-order valence-corrected chi connectivity index (χ0v) is 10.9. The number of rotatable bonds is 3. The van der Waals surface area contributed by atoms with Gasteiger partial charge in [-0.05, 0) is 25.3 Å². The Morgan fingerprint density at radius 1 is 1.39 bits per heavy atom. The average Bonchev–Trinajstić information content (AvgIpc) is 2.35. The molecule has 96 valence electrons. The number of hydrogen-bond acceptors (Lipinski definition) is 3. The maximum absolute atomic E-state index is 12.5. The maximum Gasteiger partial charge on any atom is 0.306 e. The fourth-order valence-electron chi connectivity index (χ4n) is 2.51. The van der Waals surface area contributed by atoms with Gasteiger partial charge in [-0.1, -0.05) is 31.2 Å². The molecule has 3 nitrogen and oxygen atoms in total. The summed E-state index contributed by atoms with van der Waals surface area (Å²) in [6, 6.07) is 7.64. The van der Waals surface area contributed by atoms with E-state index in [1.54, 1.807) is 6.92 Å². The largest absolute Gasteiger partial charge is 0.466 e. The van der Waals surface area contributed by atoms with Crippen LogP contribution >= 0.6 is 0 Å². The van der Waals surface area contributed by atoms with Gasteiger partial charge < -0.3 is 4.74 Å². The first-order chi connectivity index (χ1) is 8.57. The minimum Gasteiger partial charge on any atom is -0.466 e. The van der Waals surface area contributed by atoms with Crippen LogP contribution in [0.3, 0.4) is 0 Å². The fourth-order valence-corrected chi connectivity index (χ4v) is 2.51. The summed E-state index contributed by atoms with van der Waals surface area (Å²) >= 11 is 0. The van der Waals surface area contributed by atoms with E-state index in [2.05, 4.69) is 0 Å². The number of benzene rings is 1. The van der Waals surface area contributed by atoms with Gasteiger partial charge in [-0.3, -0.25) is 9.59 Å². The first-order valence-electron chi connectivity index (χ1n) is 6.35. The number of hydrogen-bond donors (Lipinski definition) is 0. The highest BCUT2D eigenvalue weighted by Crippen LogP contribution is 2.38. The van der Waals surface area contributed by atoms with E-state index < -0.39 is 5.41 Å². The Kier molecular flexibility index (Phi) is 3.50. The molecule has 0 fully saturated rings. The number of ether oxygens (including phenoxy) is 1. The average molecular weight is 246 g/mol. The van der Waals surface area contributed by atoms with Gasteiger partial charge in [0.25, 0.3) is 0 Å². The molecule has 0 amide bonds. The lowest BCUT2D eigenvalue weighted by molar-refractivity contribution is -0.145. The monoisotopic (exact) mass is 246 g/mol. The van der Waals surface area contributed by atoms with Gasteiger partial charge in [0.1, 0.15) is 0 Å². The van der Waals surface area contributed by atoms with Crippen molar-refractivity contribution in [2.75, 3.05) is 6.61 Å². The van der Waals surface area contributed by atoms with Crippen molar-refractivity contribution in [3.8, 4) is 0 Å². The zero-order valence-electron chi connectivity index (χ0n) is 10.9. The van der Waals surface area contributed by atoms with E-state index in [-0.39, 0.29) is 18.2 Å². The Balaban J connectivity index is 2.22. The van der Waals surface area contributed by atoms with E-state index in [4.69, 9.17) is 4.74 Å². The third-order valence-corrected chi connectivity index (χ3v) is 3.60. The van der Waals surface area contributed by atoms with Crippen LogP contribution in [-0.4, -0.2) is 18.4 Å². The lowest BCUT2D eigenvalue weighted by Crippen LogP contribution is -2.35. The second-order valence-corrected chi connectivity index (χ2v) is 5.03. The van der Waals surface area contributed by atoms with E-state index in [0.29, 0.717) is 13.0 Å². The van der Waals surface area contributed by atoms with E-state index in [9.17, 15) is 9.59 Å². The maximum atomic E-state index is 12.5. The molecule has 1 aromatic rings. The van der Waals surface area contributed by atoms with Crippen LogP contribution in [0.2, 0.25) is 0 Å². The van der Waals surface area contributed by atoms with Crippen LogP contribution in [0, 0.1) is 5.41 Å². The summed E-state index contributed by atoms with van der Waals surface area (Å²) in [4.78, 5) is 24.1. The molecule has 0 saturated heterocycles. The van der Waals surface area contributed by atoms with Crippen LogP contribution in [0.15, 0.2) is 24.3 Å². The molecule has 0 aromatic heterocycles. The number of esters is 1. The van der Waals surface area contributed by atoms with Gasteiger partial charge in [0, 0.05) is 11.0 Å². The normalized spacial score (nSPS) is 22.4. The van der Waals surface area contributed by atoms with Crippen molar-refractivity contribution in [3.63, 3.8) is 0 Å². The summed E-state index contributed by atoms with van der Waals surface area (Å²) < 4.78 is 4.95. The molecule has 0 heterocycles. The smallest absolute Gasteiger partial charge is 0.306 e. The third-order valence-electron chi connectivity index (χ3n) is 3.60. The fraction of sp³-hybridized carbons (Fsp3) is 0.467. The second-order valence-electron chi connectivity index (χ2n) is 5.03. The lowest BCUT2D eigenvalue weighted by atomic mass is 9.70. The van der Waals surface area contributed by atoms with Gasteiger partial charge in [-0.25, -0.2) is 0 Å². The standard InChI is InChI=1S/C15H18O3/c1-3-18-13(16)10-15(2)9-8-11-6-4-5-7-12(11)14(15)17/h4-7H,3,8-10H2,1-2H3/t15-/m1/s1. The second kappa shape index (κ2) is 4.92. The number of ketones is 1. The van der Waals surface area contributed by atoms with E-state index in [0.717, 1.165) is 17.5 Å². The molecule has 0 aliphatic heterocycles. The van der Waals surface area contributed by atoms with E-state index in [1.807, 2.05) is 31.2 Å². The highest BCUT2D eigenvalue weighted by molar-refractivity contribution is 6.04. The first kappa shape index (κ1) is 12.8. The van der Waals surface area contributed by atoms with Gasteiger partial charge in [0.05, 0.1) is 13.0 Å². The Labute approximate surface area is 107 Å². The summed E-state index contributed by atoms with van der Waals surface area (Å²) in [6.45, 7) is 4.00. The predicted molar refractivity (Wildman–Crippen MR) is 68.5 cm³/mol. The number of carbonyl (C=O) groups is 2. The molecule has 3 heteroatoms. The lowest BCUT2D eigenvalue weighted by Gasteiger charge is -2.32. The van der Waals surface area contributed by atoms with Gasteiger partial charge >= 0.3 is 5.97 Å². The molecule has 0 saturated carbocycles. The summed E-state index contributed by atoms with van der Waals surface area (Å²) in [5, 5.41) is 0.